The van der Waals surface area contributed by atoms with Crippen LogP contribution in [0.25, 0.3) is 43.5 Å². The maximum Gasteiger partial charge on any atom is 0.346 e. The van der Waals surface area contributed by atoms with Crippen molar-refractivity contribution in [3.05, 3.63) is 132 Å². The lowest BCUT2D eigenvalue weighted by Crippen LogP contribution is -2.07. The quantitative estimate of drug-likeness (QED) is 0.220. The molecule has 0 saturated carbocycles. The zero-order valence-corrected chi connectivity index (χ0v) is 21.6. The standard InChI is InChI=1S/C34H24NO2P/c1-5-13-27-23(9-1)19-21-31-33(27)34-28-14-6-2-10-24(28)20-22-32(34)37-38(36-31)35-29-15-7-3-11-25(29)17-18-26-12-4-8-16-30(26)35/h1-16,19-22H,17-18H2. The number of anilines is 2. The third-order valence-corrected chi connectivity index (χ3v) is 9.11. The summed E-state index contributed by atoms with van der Waals surface area (Å²) in [6.45, 7) is 0. The fraction of sp³-hybridized carbons (Fsp3) is 0.0588. The predicted octanol–water partition coefficient (Wildman–Crippen LogP) is 10.3. The smallest absolute Gasteiger partial charge is 0.346 e. The van der Waals surface area contributed by atoms with Gasteiger partial charge in [0.1, 0.15) is 11.2 Å². The first-order chi connectivity index (χ1) is 18.8. The number of nitrogens with zero attached hydrogens (tertiary/aromatic N) is 1. The van der Waals surface area contributed by atoms with Crippen LogP contribution < -0.4 is 4.67 Å². The van der Waals surface area contributed by atoms with Gasteiger partial charge in [0.15, 0.2) is 0 Å². The van der Waals surface area contributed by atoms with Crippen LogP contribution in [0.4, 0.5) is 11.4 Å². The van der Waals surface area contributed by atoms with Crippen molar-refractivity contribution in [3.63, 3.8) is 0 Å². The highest BCUT2D eigenvalue weighted by Crippen LogP contribution is 2.50. The molecule has 182 valence electrons. The molecule has 0 aliphatic carbocycles. The van der Waals surface area contributed by atoms with Gasteiger partial charge in [-0.1, -0.05) is 97.1 Å². The molecule has 4 heteroatoms. The van der Waals surface area contributed by atoms with Crippen LogP contribution in [-0.2, 0) is 12.8 Å². The van der Waals surface area contributed by atoms with Crippen molar-refractivity contribution < 1.29 is 8.39 Å². The Morgan fingerprint density at radius 3 is 1.45 bits per heavy atom. The van der Waals surface area contributed by atoms with E-state index in [-0.39, 0.29) is 0 Å². The van der Waals surface area contributed by atoms with Crippen LogP contribution in [-0.4, -0.2) is 0 Å². The highest BCUT2D eigenvalue weighted by atomic mass is 31.1. The highest BCUT2D eigenvalue weighted by molar-refractivity contribution is 7.40. The van der Waals surface area contributed by atoms with E-state index in [1.165, 1.54) is 32.7 Å². The molecule has 0 amide bonds. The van der Waals surface area contributed by atoms with Gasteiger partial charge in [-0.25, -0.2) is 4.67 Å². The SMILES string of the molecule is c1ccc2c(c1)CCc1ccccc1N2p1oc2ccc3ccccc3c2c2c(ccc3ccccc32)o1. The summed E-state index contributed by atoms with van der Waals surface area (Å²) in [7, 11) is -1.56. The Balaban J connectivity index is 1.57. The molecule has 8 rings (SSSR count). The molecule has 0 saturated heterocycles. The molecule has 1 aliphatic rings. The minimum Gasteiger partial charge on any atom is -0.403 e. The van der Waals surface area contributed by atoms with Crippen LogP contribution >= 0.6 is 8.16 Å². The van der Waals surface area contributed by atoms with Gasteiger partial charge >= 0.3 is 8.16 Å². The van der Waals surface area contributed by atoms with Crippen LogP contribution in [0.5, 0.6) is 0 Å². The largest absolute Gasteiger partial charge is 0.403 e. The third kappa shape index (κ3) is 3.29. The summed E-state index contributed by atoms with van der Waals surface area (Å²) in [5.74, 6) is 0. The first-order valence-corrected chi connectivity index (χ1v) is 14.1. The van der Waals surface area contributed by atoms with E-state index in [2.05, 4.69) is 126 Å². The van der Waals surface area contributed by atoms with Crippen LogP contribution in [0.2, 0.25) is 0 Å². The number of hydrogen-bond donors (Lipinski definition) is 0. The van der Waals surface area contributed by atoms with Gasteiger partial charge in [-0.15, -0.1) is 0 Å². The molecule has 1 aliphatic heterocycles. The fourth-order valence-corrected chi connectivity index (χ4v) is 7.46. The first kappa shape index (κ1) is 21.6. The van der Waals surface area contributed by atoms with Crippen LogP contribution in [0.15, 0.2) is 130 Å². The Labute approximate surface area is 221 Å². The molecular weight excluding hydrogens is 485 g/mol. The normalized spacial score (nSPS) is 13.0. The number of fused-ring (bicyclic) bond motifs is 9. The molecule has 0 atom stereocenters. The molecule has 0 unspecified atom stereocenters. The van der Waals surface area contributed by atoms with Gasteiger partial charge in [-0.2, -0.15) is 0 Å². The molecule has 1 aromatic heterocycles. The topological polar surface area (TPSA) is 29.5 Å². The minimum atomic E-state index is -1.56. The van der Waals surface area contributed by atoms with E-state index in [0.717, 1.165) is 46.2 Å². The van der Waals surface area contributed by atoms with Crippen LogP contribution in [0.3, 0.4) is 0 Å². The second-order valence-electron chi connectivity index (χ2n) is 9.81. The molecule has 0 radical (unpaired) electrons. The lowest BCUT2D eigenvalue weighted by Gasteiger charge is -2.23. The third-order valence-electron chi connectivity index (χ3n) is 7.65. The molecule has 0 fully saturated rings. The van der Waals surface area contributed by atoms with Gasteiger partial charge in [-0.05, 0) is 69.8 Å². The van der Waals surface area contributed by atoms with E-state index < -0.39 is 8.16 Å². The Hall–Kier alpha value is -4.46. The van der Waals surface area contributed by atoms with E-state index in [9.17, 15) is 0 Å². The van der Waals surface area contributed by atoms with Crippen molar-refractivity contribution in [2.24, 2.45) is 0 Å². The van der Waals surface area contributed by atoms with Crippen molar-refractivity contribution in [1.82, 2.24) is 0 Å². The lowest BCUT2D eigenvalue weighted by atomic mass is 9.99. The number of para-hydroxylation sites is 2. The number of rotatable bonds is 1. The average Bonchev–Trinajstić information content (AvgIpc) is 3.25. The molecule has 7 aromatic rings. The van der Waals surface area contributed by atoms with E-state index in [0.29, 0.717) is 0 Å². The second kappa shape index (κ2) is 8.55. The van der Waals surface area contributed by atoms with E-state index >= 15 is 0 Å². The zero-order valence-electron chi connectivity index (χ0n) is 20.7. The monoisotopic (exact) mass is 509 g/mol. The molecule has 6 aromatic carbocycles. The van der Waals surface area contributed by atoms with E-state index in [1.807, 2.05) is 0 Å². The molecule has 0 spiro atoms. The summed E-state index contributed by atoms with van der Waals surface area (Å²) in [6.07, 6.45) is 1.96. The first-order valence-electron chi connectivity index (χ1n) is 13.0. The maximum absolute atomic E-state index is 6.97. The molecule has 0 bridgehead atoms. The molecule has 38 heavy (non-hydrogen) atoms. The summed E-state index contributed by atoms with van der Waals surface area (Å²) < 4.78 is 16.2. The summed E-state index contributed by atoms with van der Waals surface area (Å²) in [5, 5.41) is 6.89. The number of hydrogen-bond acceptors (Lipinski definition) is 3. The van der Waals surface area contributed by atoms with Crippen molar-refractivity contribution in [2.45, 2.75) is 12.8 Å². The van der Waals surface area contributed by atoms with Gasteiger partial charge in [-0.3, -0.25) is 0 Å². The second-order valence-corrected chi connectivity index (χ2v) is 11.1. The number of aryl methyl sites for hydroxylation is 2. The lowest BCUT2D eigenvalue weighted by molar-refractivity contribution is 0.640. The molecule has 0 N–H and O–H groups in total. The van der Waals surface area contributed by atoms with Gasteiger partial charge in [0.05, 0.1) is 11.4 Å². The molecule has 2 heterocycles. The Kier molecular flexibility index (Phi) is 4.86. The van der Waals surface area contributed by atoms with Gasteiger partial charge in [0, 0.05) is 10.8 Å². The van der Waals surface area contributed by atoms with E-state index in [4.69, 9.17) is 8.39 Å². The van der Waals surface area contributed by atoms with Gasteiger partial charge in [0.25, 0.3) is 0 Å². The Morgan fingerprint density at radius 1 is 0.474 bits per heavy atom. The van der Waals surface area contributed by atoms with Crippen molar-refractivity contribution in [2.75, 3.05) is 4.67 Å². The zero-order chi connectivity index (χ0) is 25.1. The minimum absolute atomic E-state index is 0.851. The van der Waals surface area contributed by atoms with Gasteiger partial charge in [0.2, 0.25) is 0 Å². The van der Waals surface area contributed by atoms with Crippen molar-refractivity contribution in [1.29, 1.82) is 0 Å². The van der Waals surface area contributed by atoms with Crippen LogP contribution in [0, 0.1) is 0 Å². The average molecular weight is 510 g/mol. The highest BCUT2D eigenvalue weighted by Gasteiger charge is 2.26. The summed E-state index contributed by atoms with van der Waals surface area (Å²) in [4.78, 5) is 0. The van der Waals surface area contributed by atoms with Gasteiger partial charge < -0.3 is 8.39 Å². The Bertz CT molecular complexity index is 1910. The number of benzene rings is 6. The predicted molar refractivity (Wildman–Crippen MR) is 159 cm³/mol. The fourth-order valence-electron chi connectivity index (χ4n) is 5.87. The molecular formula is C34H24NO2P. The van der Waals surface area contributed by atoms with Crippen LogP contribution in [0.1, 0.15) is 11.1 Å². The summed E-state index contributed by atoms with van der Waals surface area (Å²) in [6, 6.07) is 42.9. The maximum atomic E-state index is 6.97. The summed E-state index contributed by atoms with van der Waals surface area (Å²) in [5.41, 5.74) is 6.61. The van der Waals surface area contributed by atoms with Crippen molar-refractivity contribution >= 4 is 63.0 Å². The molecule has 3 nitrogen and oxygen atoms in total. The Morgan fingerprint density at radius 2 is 0.921 bits per heavy atom. The summed E-state index contributed by atoms with van der Waals surface area (Å²) >= 11 is 0. The van der Waals surface area contributed by atoms with E-state index in [1.54, 1.807) is 0 Å². The van der Waals surface area contributed by atoms with Crippen molar-refractivity contribution in [3.8, 4) is 0 Å².